The summed E-state index contributed by atoms with van der Waals surface area (Å²) in [6.07, 6.45) is 5.62. The van der Waals surface area contributed by atoms with Crippen LogP contribution in [0.4, 0.5) is 0 Å². The summed E-state index contributed by atoms with van der Waals surface area (Å²) in [5.74, 6) is 1.19. The van der Waals surface area contributed by atoms with Gasteiger partial charge in [0.25, 0.3) is 5.91 Å². The Morgan fingerprint density at radius 3 is 2.00 bits per heavy atom. The van der Waals surface area contributed by atoms with Gasteiger partial charge in [-0.15, -0.1) is 0 Å². The molecule has 4 nitrogen and oxygen atoms in total. The lowest BCUT2D eigenvalue weighted by Crippen LogP contribution is -2.51. The first-order valence-electron chi connectivity index (χ1n) is 8.61. The molecule has 4 fully saturated rings. The minimum atomic E-state index is -0.975. The Bertz CT molecular complexity index is 589. The van der Waals surface area contributed by atoms with Gasteiger partial charge in [-0.1, -0.05) is 30.3 Å². The Hall–Kier alpha value is -1.84. The molecule has 2 N–H and O–H groups in total. The fourth-order valence-corrected chi connectivity index (χ4v) is 5.51. The maximum atomic E-state index is 13.0. The molecule has 1 aromatic rings. The maximum absolute atomic E-state index is 13.0. The zero-order chi connectivity index (χ0) is 16.0. The van der Waals surface area contributed by atoms with Crippen molar-refractivity contribution in [3.8, 4) is 0 Å². The second-order valence-electron chi connectivity index (χ2n) is 7.80. The predicted octanol–water partition coefficient (Wildman–Crippen LogP) is 2.97. The molecule has 4 saturated carbocycles. The Kier molecular flexibility index (Phi) is 3.43. The Morgan fingerprint density at radius 1 is 1.00 bits per heavy atom. The van der Waals surface area contributed by atoms with Crippen LogP contribution in [0.2, 0.25) is 0 Å². The highest BCUT2D eigenvalue weighted by Crippen LogP contribution is 2.60. The van der Waals surface area contributed by atoms with Gasteiger partial charge in [-0.2, -0.15) is 0 Å². The summed E-state index contributed by atoms with van der Waals surface area (Å²) in [5, 5.41) is 0. The molecule has 0 heterocycles. The van der Waals surface area contributed by atoms with E-state index in [0.717, 1.165) is 19.3 Å². The van der Waals surface area contributed by atoms with E-state index < -0.39 is 12.0 Å². The number of hydrogen-bond acceptors (Lipinski definition) is 3. The molecule has 1 amide bonds. The molecule has 0 unspecified atom stereocenters. The van der Waals surface area contributed by atoms with Crippen molar-refractivity contribution in [2.45, 2.75) is 44.6 Å². The average molecular weight is 313 g/mol. The van der Waals surface area contributed by atoms with Gasteiger partial charge in [-0.25, -0.2) is 0 Å². The lowest BCUT2D eigenvalue weighted by atomic mass is 9.49. The largest absolute Gasteiger partial charge is 0.447 e. The van der Waals surface area contributed by atoms with E-state index in [1.807, 2.05) is 18.2 Å². The van der Waals surface area contributed by atoms with Crippen molar-refractivity contribution in [2.24, 2.45) is 28.9 Å². The highest BCUT2D eigenvalue weighted by molar-refractivity contribution is 5.85. The molecule has 122 valence electrons. The van der Waals surface area contributed by atoms with Gasteiger partial charge in [0.1, 0.15) is 0 Å². The van der Waals surface area contributed by atoms with Crippen molar-refractivity contribution < 1.29 is 14.3 Å². The van der Waals surface area contributed by atoms with Crippen molar-refractivity contribution in [2.75, 3.05) is 0 Å². The van der Waals surface area contributed by atoms with Crippen LogP contribution >= 0.6 is 0 Å². The lowest BCUT2D eigenvalue weighted by molar-refractivity contribution is -0.179. The first kappa shape index (κ1) is 14.7. The topological polar surface area (TPSA) is 69.4 Å². The van der Waals surface area contributed by atoms with E-state index in [-0.39, 0.29) is 11.4 Å². The van der Waals surface area contributed by atoms with Crippen LogP contribution < -0.4 is 5.73 Å². The third kappa shape index (κ3) is 2.54. The molecule has 0 spiro atoms. The zero-order valence-corrected chi connectivity index (χ0v) is 13.2. The number of nitrogens with two attached hydrogens (primary N) is 1. The van der Waals surface area contributed by atoms with Gasteiger partial charge in [0.15, 0.2) is 0 Å². The van der Waals surface area contributed by atoms with Crippen LogP contribution in [0.25, 0.3) is 0 Å². The fraction of sp³-hybridized carbons (Fsp3) is 0.579. The molecule has 1 atom stereocenters. The number of hydrogen-bond donors (Lipinski definition) is 1. The standard InChI is InChI=1S/C19H23NO3/c20-17(21)16(15-4-2-1-3-5-15)23-18(22)19-9-12-6-13(10-19)8-14(7-12)11-19/h1-5,12-14,16H,6-11H2,(H2,20,21)/t12?,13?,14?,16-,19?/m1/s1. The minimum Gasteiger partial charge on any atom is -0.447 e. The lowest BCUT2D eigenvalue weighted by Gasteiger charge is -2.55. The third-order valence-electron chi connectivity index (χ3n) is 6.06. The number of carbonyl (C=O) groups excluding carboxylic acids is 2. The van der Waals surface area contributed by atoms with Gasteiger partial charge in [0, 0.05) is 5.56 Å². The quantitative estimate of drug-likeness (QED) is 0.869. The predicted molar refractivity (Wildman–Crippen MR) is 85.1 cm³/mol. The number of ether oxygens (including phenoxy) is 1. The molecule has 0 aliphatic heterocycles. The second-order valence-corrected chi connectivity index (χ2v) is 7.80. The highest BCUT2D eigenvalue weighted by atomic mass is 16.5. The van der Waals surface area contributed by atoms with Gasteiger partial charge in [-0.3, -0.25) is 9.59 Å². The van der Waals surface area contributed by atoms with Gasteiger partial charge in [0.2, 0.25) is 6.10 Å². The van der Waals surface area contributed by atoms with Crippen LogP contribution in [-0.2, 0) is 14.3 Å². The molecular weight excluding hydrogens is 290 g/mol. The molecular formula is C19H23NO3. The van der Waals surface area contributed by atoms with Crippen molar-refractivity contribution in [3.05, 3.63) is 35.9 Å². The molecule has 0 saturated heterocycles. The van der Waals surface area contributed by atoms with Crippen LogP contribution in [0.3, 0.4) is 0 Å². The molecule has 4 aliphatic rings. The van der Waals surface area contributed by atoms with Gasteiger partial charge in [-0.05, 0) is 56.3 Å². The summed E-state index contributed by atoms with van der Waals surface area (Å²) in [4.78, 5) is 24.8. The minimum absolute atomic E-state index is 0.204. The van der Waals surface area contributed by atoms with Crippen molar-refractivity contribution >= 4 is 11.9 Å². The normalized spacial score (nSPS) is 35.7. The average Bonchev–Trinajstić information content (AvgIpc) is 2.51. The molecule has 4 bridgehead atoms. The number of benzene rings is 1. The monoisotopic (exact) mass is 313 g/mol. The van der Waals surface area contributed by atoms with E-state index in [9.17, 15) is 9.59 Å². The molecule has 0 aromatic heterocycles. The van der Waals surface area contributed by atoms with Crippen molar-refractivity contribution in [3.63, 3.8) is 0 Å². The van der Waals surface area contributed by atoms with Gasteiger partial charge < -0.3 is 10.5 Å². The summed E-state index contributed by atoms with van der Waals surface area (Å²) >= 11 is 0. The zero-order valence-electron chi connectivity index (χ0n) is 13.2. The van der Waals surface area contributed by atoms with Crippen LogP contribution in [0.5, 0.6) is 0 Å². The van der Waals surface area contributed by atoms with Gasteiger partial charge >= 0.3 is 5.97 Å². The van der Waals surface area contributed by atoms with E-state index in [4.69, 9.17) is 10.5 Å². The SMILES string of the molecule is NC(=O)[C@H](OC(=O)C12CC3CC(CC(C3)C1)C2)c1ccccc1. The van der Waals surface area contributed by atoms with Crippen LogP contribution in [0, 0.1) is 23.2 Å². The van der Waals surface area contributed by atoms with E-state index in [0.29, 0.717) is 23.3 Å². The Balaban J connectivity index is 1.56. The second kappa shape index (κ2) is 5.36. The third-order valence-corrected chi connectivity index (χ3v) is 6.06. The van der Waals surface area contributed by atoms with E-state index >= 15 is 0 Å². The number of amides is 1. The number of carbonyl (C=O) groups is 2. The number of esters is 1. The Morgan fingerprint density at radius 2 is 1.52 bits per heavy atom. The summed E-state index contributed by atoms with van der Waals surface area (Å²) in [6.45, 7) is 0. The summed E-state index contributed by atoms with van der Waals surface area (Å²) in [6, 6.07) is 9.07. The van der Waals surface area contributed by atoms with E-state index in [1.165, 1.54) is 19.3 Å². The number of primary amides is 1. The molecule has 23 heavy (non-hydrogen) atoms. The maximum Gasteiger partial charge on any atom is 0.313 e. The van der Waals surface area contributed by atoms with Crippen molar-refractivity contribution in [1.82, 2.24) is 0 Å². The first-order chi connectivity index (χ1) is 11.1. The smallest absolute Gasteiger partial charge is 0.313 e. The van der Waals surface area contributed by atoms with Crippen LogP contribution in [-0.4, -0.2) is 11.9 Å². The summed E-state index contributed by atoms with van der Waals surface area (Å²) < 4.78 is 5.67. The Labute approximate surface area is 136 Å². The van der Waals surface area contributed by atoms with Crippen molar-refractivity contribution in [1.29, 1.82) is 0 Å². The first-order valence-corrected chi connectivity index (χ1v) is 8.61. The molecule has 4 aliphatic carbocycles. The number of rotatable bonds is 4. The fourth-order valence-electron chi connectivity index (χ4n) is 5.51. The van der Waals surface area contributed by atoms with E-state index in [2.05, 4.69) is 0 Å². The van der Waals surface area contributed by atoms with Crippen LogP contribution in [0.1, 0.15) is 50.2 Å². The molecule has 0 radical (unpaired) electrons. The highest BCUT2D eigenvalue weighted by Gasteiger charge is 2.56. The molecule has 1 aromatic carbocycles. The van der Waals surface area contributed by atoms with Gasteiger partial charge in [0.05, 0.1) is 5.41 Å². The molecule has 4 heteroatoms. The van der Waals surface area contributed by atoms with E-state index in [1.54, 1.807) is 12.1 Å². The summed E-state index contributed by atoms with van der Waals surface area (Å²) in [7, 11) is 0. The summed E-state index contributed by atoms with van der Waals surface area (Å²) in [5.41, 5.74) is 5.78. The molecule has 5 rings (SSSR count). The van der Waals surface area contributed by atoms with Crippen LogP contribution in [0.15, 0.2) is 30.3 Å².